The molecule has 2 atom stereocenters. The Hall–Kier alpha value is -0.610. The Morgan fingerprint density at radius 1 is 1.28 bits per heavy atom. The number of carboxylic acids is 1. The molecule has 2 unspecified atom stereocenters. The van der Waals surface area contributed by atoms with Gasteiger partial charge in [-0.05, 0) is 46.5 Å². The van der Waals surface area contributed by atoms with Gasteiger partial charge in [0.05, 0.1) is 6.10 Å². The average molecular weight is 259 g/mol. The summed E-state index contributed by atoms with van der Waals surface area (Å²) in [6.07, 6.45) is 1.66. The lowest BCUT2D eigenvalue weighted by Crippen LogP contribution is -2.53. The normalized spacial score (nSPS) is 16.9. The van der Waals surface area contributed by atoms with Crippen LogP contribution in [0.1, 0.15) is 54.4 Å². The Kier molecular flexibility index (Phi) is 7.48. The van der Waals surface area contributed by atoms with Gasteiger partial charge in [-0.1, -0.05) is 13.8 Å². The summed E-state index contributed by atoms with van der Waals surface area (Å²) in [5.41, 5.74) is -0.911. The van der Waals surface area contributed by atoms with Gasteiger partial charge in [-0.25, -0.2) is 0 Å². The molecule has 0 aromatic heterocycles. The summed E-state index contributed by atoms with van der Waals surface area (Å²) in [5.74, 6) is -0.226. The molecule has 0 saturated heterocycles. The molecule has 0 aliphatic heterocycles. The first kappa shape index (κ1) is 17.4. The van der Waals surface area contributed by atoms with Crippen LogP contribution in [-0.4, -0.2) is 35.4 Å². The number of carboxylic acid groups (broad SMARTS) is 1. The van der Waals surface area contributed by atoms with Crippen LogP contribution in [0.2, 0.25) is 0 Å². The third-order valence-corrected chi connectivity index (χ3v) is 2.89. The molecule has 0 spiro atoms. The Morgan fingerprint density at radius 3 is 2.22 bits per heavy atom. The van der Waals surface area contributed by atoms with Crippen molar-refractivity contribution in [3.8, 4) is 0 Å². The van der Waals surface area contributed by atoms with Crippen LogP contribution >= 0.6 is 0 Å². The number of aliphatic carboxylic acids is 1. The average Bonchev–Trinajstić information content (AvgIpc) is 2.14. The third-order valence-electron chi connectivity index (χ3n) is 2.89. The molecule has 0 radical (unpaired) electrons. The molecule has 0 aliphatic carbocycles. The first-order chi connectivity index (χ1) is 8.17. The van der Waals surface area contributed by atoms with Crippen LogP contribution in [0.25, 0.3) is 0 Å². The van der Waals surface area contributed by atoms with Crippen LogP contribution in [0.15, 0.2) is 0 Å². The van der Waals surface area contributed by atoms with Crippen molar-refractivity contribution >= 4 is 5.97 Å². The minimum atomic E-state index is -0.911. The second-order valence-electron chi connectivity index (χ2n) is 6.00. The molecule has 0 heterocycles. The van der Waals surface area contributed by atoms with Crippen molar-refractivity contribution in [1.82, 2.24) is 5.32 Å². The Labute approximate surface area is 111 Å². The fourth-order valence-corrected chi connectivity index (χ4v) is 2.07. The van der Waals surface area contributed by atoms with E-state index in [1.165, 1.54) is 0 Å². The number of nitrogens with one attached hydrogen (secondary N) is 1. The monoisotopic (exact) mass is 259 g/mol. The molecule has 0 aliphatic rings. The standard InChI is InChI=1S/C14H29NO3/c1-10(2)9-12(5)18-8-7-14(6,13(16)17)15-11(3)4/h10-12,15H,7-9H2,1-6H3,(H,16,17). The highest BCUT2D eigenvalue weighted by atomic mass is 16.5. The summed E-state index contributed by atoms with van der Waals surface area (Å²) in [6.45, 7) is 12.4. The number of hydrogen-bond donors (Lipinski definition) is 2. The molecule has 0 aromatic rings. The van der Waals surface area contributed by atoms with Crippen molar-refractivity contribution in [1.29, 1.82) is 0 Å². The number of ether oxygens (including phenoxy) is 1. The molecule has 0 bridgehead atoms. The second-order valence-corrected chi connectivity index (χ2v) is 6.00. The van der Waals surface area contributed by atoms with Gasteiger partial charge in [-0.2, -0.15) is 0 Å². The van der Waals surface area contributed by atoms with Gasteiger partial charge in [-0.3, -0.25) is 10.1 Å². The van der Waals surface area contributed by atoms with Crippen molar-refractivity contribution in [2.75, 3.05) is 6.61 Å². The zero-order chi connectivity index (χ0) is 14.3. The number of carbonyl (C=O) groups is 1. The summed E-state index contributed by atoms with van der Waals surface area (Å²) >= 11 is 0. The Morgan fingerprint density at radius 2 is 1.83 bits per heavy atom. The van der Waals surface area contributed by atoms with Gasteiger partial charge < -0.3 is 9.84 Å². The topological polar surface area (TPSA) is 58.6 Å². The predicted molar refractivity (Wildman–Crippen MR) is 73.8 cm³/mol. The van der Waals surface area contributed by atoms with E-state index in [2.05, 4.69) is 19.2 Å². The van der Waals surface area contributed by atoms with E-state index in [1.54, 1.807) is 6.92 Å². The summed E-state index contributed by atoms with van der Waals surface area (Å²) in [5, 5.41) is 12.4. The van der Waals surface area contributed by atoms with Crippen molar-refractivity contribution in [2.24, 2.45) is 5.92 Å². The molecule has 2 N–H and O–H groups in total. The first-order valence-electron chi connectivity index (χ1n) is 6.80. The van der Waals surface area contributed by atoms with Gasteiger partial charge in [-0.15, -0.1) is 0 Å². The Balaban J connectivity index is 4.17. The highest BCUT2D eigenvalue weighted by Gasteiger charge is 2.33. The van der Waals surface area contributed by atoms with Gasteiger partial charge >= 0.3 is 5.97 Å². The molecule has 4 heteroatoms. The van der Waals surface area contributed by atoms with E-state index >= 15 is 0 Å². The molecule has 0 amide bonds. The minimum Gasteiger partial charge on any atom is -0.480 e. The van der Waals surface area contributed by atoms with Crippen molar-refractivity contribution < 1.29 is 14.6 Å². The molecule has 4 nitrogen and oxygen atoms in total. The van der Waals surface area contributed by atoms with Crippen LogP contribution in [0.4, 0.5) is 0 Å². The van der Waals surface area contributed by atoms with E-state index in [-0.39, 0.29) is 12.1 Å². The summed E-state index contributed by atoms with van der Waals surface area (Å²) in [7, 11) is 0. The number of hydrogen-bond acceptors (Lipinski definition) is 3. The van der Waals surface area contributed by atoms with E-state index in [9.17, 15) is 9.90 Å². The van der Waals surface area contributed by atoms with Crippen LogP contribution in [0.3, 0.4) is 0 Å². The molecule has 108 valence electrons. The Bertz CT molecular complexity index is 253. The fraction of sp³-hybridized carbons (Fsp3) is 0.929. The molecule has 0 rings (SSSR count). The predicted octanol–water partition coefficient (Wildman–Crippen LogP) is 2.67. The van der Waals surface area contributed by atoms with Crippen LogP contribution < -0.4 is 5.32 Å². The summed E-state index contributed by atoms with van der Waals surface area (Å²) < 4.78 is 5.68. The van der Waals surface area contributed by atoms with Crippen molar-refractivity contribution in [3.63, 3.8) is 0 Å². The fourth-order valence-electron chi connectivity index (χ4n) is 2.07. The highest BCUT2D eigenvalue weighted by molar-refractivity contribution is 5.78. The van der Waals surface area contributed by atoms with Crippen molar-refractivity contribution in [2.45, 2.75) is 72.1 Å². The van der Waals surface area contributed by atoms with E-state index < -0.39 is 11.5 Å². The smallest absolute Gasteiger partial charge is 0.323 e. The maximum absolute atomic E-state index is 11.3. The zero-order valence-corrected chi connectivity index (χ0v) is 12.6. The molecule has 0 saturated carbocycles. The highest BCUT2D eigenvalue weighted by Crippen LogP contribution is 2.14. The molecule has 18 heavy (non-hydrogen) atoms. The summed E-state index contributed by atoms with van der Waals surface area (Å²) in [6, 6.07) is 0.138. The van der Waals surface area contributed by atoms with E-state index in [4.69, 9.17) is 4.74 Å². The van der Waals surface area contributed by atoms with Gasteiger partial charge in [0.2, 0.25) is 0 Å². The number of rotatable bonds is 9. The lowest BCUT2D eigenvalue weighted by atomic mass is 9.97. The maximum atomic E-state index is 11.3. The maximum Gasteiger partial charge on any atom is 0.323 e. The largest absolute Gasteiger partial charge is 0.480 e. The van der Waals surface area contributed by atoms with E-state index in [1.807, 2.05) is 20.8 Å². The van der Waals surface area contributed by atoms with Crippen LogP contribution in [-0.2, 0) is 9.53 Å². The lowest BCUT2D eigenvalue weighted by Gasteiger charge is -2.29. The first-order valence-corrected chi connectivity index (χ1v) is 6.80. The van der Waals surface area contributed by atoms with E-state index in [0.717, 1.165) is 6.42 Å². The van der Waals surface area contributed by atoms with E-state index in [0.29, 0.717) is 18.9 Å². The SMILES string of the molecule is CC(C)CC(C)OCCC(C)(NC(C)C)C(=O)O. The zero-order valence-electron chi connectivity index (χ0n) is 12.6. The van der Waals surface area contributed by atoms with Gasteiger partial charge in [0.15, 0.2) is 0 Å². The lowest BCUT2D eigenvalue weighted by molar-refractivity contribution is -0.145. The van der Waals surface area contributed by atoms with Gasteiger partial charge in [0, 0.05) is 12.6 Å². The molecule has 0 fully saturated rings. The second kappa shape index (κ2) is 7.74. The van der Waals surface area contributed by atoms with Crippen molar-refractivity contribution in [3.05, 3.63) is 0 Å². The molecular weight excluding hydrogens is 230 g/mol. The van der Waals surface area contributed by atoms with Gasteiger partial charge in [0.1, 0.15) is 5.54 Å². The molecular formula is C14H29NO3. The molecule has 0 aromatic carbocycles. The third kappa shape index (κ3) is 6.97. The van der Waals surface area contributed by atoms with Gasteiger partial charge in [0.25, 0.3) is 0 Å². The minimum absolute atomic E-state index is 0.138. The van der Waals surface area contributed by atoms with Crippen LogP contribution in [0, 0.1) is 5.92 Å². The van der Waals surface area contributed by atoms with Crippen LogP contribution in [0.5, 0.6) is 0 Å². The quantitative estimate of drug-likeness (QED) is 0.668. The summed E-state index contributed by atoms with van der Waals surface area (Å²) in [4.78, 5) is 11.3.